The number of rotatable bonds is 6. The fourth-order valence-electron chi connectivity index (χ4n) is 4.96. The molecule has 2 aliphatic heterocycles. The van der Waals surface area contributed by atoms with Crippen LogP contribution in [0.1, 0.15) is 48.9 Å². The number of nitrogens with zero attached hydrogens (tertiary/aromatic N) is 2. The summed E-state index contributed by atoms with van der Waals surface area (Å²) in [5, 5.41) is 0. The van der Waals surface area contributed by atoms with Gasteiger partial charge in [0.25, 0.3) is 5.91 Å². The van der Waals surface area contributed by atoms with Crippen LogP contribution in [0.25, 0.3) is 0 Å². The molecule has 0 spiro atoms. The minimum Gasteiger partial charge on any atom is -0.481 e. The van der Waals surface area contributed by atoms with Gasteiger partial charge >= 0.3 is 0 Å². The monoisotopic (exact) mass is 482 g/mol. The maximum Gasteiger partial charge on any atom is 0.263 e. The molecule has 2 aromatic rings. The van der Waals surface area contributed by atoms with E-state index >= 15 is 0 Å². The lowest BCUT2D eigenvalue weighted by molar-refractivity contribution is -0.138. The van der Waals surface area contributed by atoms with Crippen LogP contribution in [0.15, 0.2) is 42.5 Å². The lowest BCUT2D eigenvalue weighted by Gasteiger charge is -2.38. The van der Waals surface area contributed by atoms with Crippen molar-refractivity contribution in [3.63, 3.8) is 0 Å². The van der Waals surface area contributed by atoms with E-state index in [4.69, 9.17) is 4.74 Å². The highest BCUT2D eigenvalue weighted by Gasteiger charge is 2.40. The van der Waals surface area contributed by atoms with Crippen LogP contribution in [-0.4, -0.2) is 58.9 Å². The van der Waals surface area contributed by atoms with Gasteiger partial charge in [-0.05, 0) is 66.6 Å². The van der Waals surface area contributed by atoms with E-state index in [2.05, 4.69) is 0 Å². The zero-order valence-corrected chi connectivity index (χ0v) is 20.4. The van der Waals surface area contributed by atoms with Crippen LogP contribution in [0.5, 0.6) is 5.75 Å². The number of thioether (sulfide) groups is 1. The van der Waals surface area contributed by atoms with Crippen molar-refractivity contribution in [1.29, 1.82) is 0 Å². The molecule has 2 fully saturated rings. The van der Waals surface area contributed by atoms with E-state index < -0.39 is 6.10 Å². The van der Waals surface area contributed by atoms with Gasteiger partial charge in [-0.25, -0.2) is 4.39 Å². The Morgan fingerprint density at radius 2 is 1.91 bits per heavy atom. The Kier molecular flexibility index (Phi) is 6.82. The first-order valence-corrected chi connectivity index (χ1v) is 13.4. The van der Waals surface area contributed by atoms with Gasteiger partial charge < -0.3 is 14.5 Å². The Hall–Kier alpha value is -2.54. The van der Waals surface area contributed by atoms with Gasteiger partial charge in [-0.15, -0.1) is 0 Å². The van der Waals surface area contributed by atoms with E-state index in [0.29, 0.717) is 18.7 Å². The van der Waals surface area contributed by atoms with Crippen molar-refractivity contribution in [2.24, 2.45) is 5.92 Å². The SMILES string of the molecule is CC[C@H](Oc1ccc2c(c1)[C@@H](c1cccc(F)c1)N(C(=O)C1CC1)CC2)C(=O)N1CCSCC1. The van der Waals surface area contributed by atoms with Gasteiger partial charge in [-0.3, -0.25) is 9.59 Å². The second kappa shape index (κ2) is 9.98. The number of ether oxygens (including phenoxy) is 1. The fraction of sp³-hybridized carbons (Fsp3) is 0.481. The molecule has 2 atom stereocenters. The Morgan fingerprint density at radius 3 is 2.62 bits per heavy atom. The Balaban J connectivity index is 1.45. The molecule has 0 aromatic heterocycles. The molecule has 1 saturated carbocycles. The van der Waals surface area contributed by atoms with Crippen LogP contribution in [0.3, 0.4) is 0 Å². The summed E-state index contributed by atoms with van der Waals surface area (Å²) in [5.41, 5.74) is 2.86. The summed E-state index contributed by atoms with van der Waals surface area (Å²) in [6, 6.07) is 12.1. The molecule has 0 N–H and O–H groups in total. The molecule has 2 aromatic carbocycles. The Morgan fingerprint density at radius 1 is 1.12 bits per heavy atom. The van der Waals surface area contributed by atoms with E-state index in [1.165, 1.54) is 12.1 Å². The fourth-order valence-corrected chi connectivity index (χ4v) is 5.87. The van der Waals surface area contributed by atoms with E-state index in [1.54, 1.807) is 6.07 Å². The highest BCUT2D eigenvalue weighted by atomic mass is 32.2. The minimum absolute atomic E-state index is 0.0349. The summed E-state index contributed by atoms with van der Waals surface area (Å²) in [4.78, 5) is 30.0. The third kappa shape index (κ3) is 4.81. The van der Waals surface area contributed by atoms with Gasteiger partial charge in [0, 0.05) is 37.1 Å². The Labute approximate surface area is 204 Å². The number of carbonyl (C=O) groups is 2. The summed E-state index contributed by atoms with van der Waals surface area (Å²) in [7, 11) is 0. The molecule has 7 heteroatoms. The summed E-state index contributed by atoms with van der Waals surface area (Å²) >= 11 is 1.87. The number of hydrogen-bond acceptors (Lipinski definition) is 4. The third-order valence-corrected chi connectivity index (χ3v) is 7.91. The normalized spacial score (nSPS) is 21.1. The van der Waals surface area contributed by atoms with Gasteiger partial charge in [0.05, 0.1) is 6.04 Å². The van der Waals surface area contributed by atoms with Crippen molar-refractivity contribution in [3.05, 3.63) is 65.0 Å². The molecule has 180 valence electrons. The van der Waals surface area contributed by atoms with Crippen LogP contribution in [0, 0.1) is 11.7 Å². The molecule has 5 rings (SSSR count). The summed E-state index contributed by atoms with van der Waals surface area (Å²) in [5.74, 6) is 2.49. The smallest absolute Gasteiger partial charge is 0.263 e. The van der Waals surface area contributed by atoms with Gasteiger partial charge in [0.2, 0.25) is 5.91 Å². The lowest BCUT2D eigenvalue weighted by atomic mass is 9.87. The largest absolute Gasteiger partial charge is 0.481 e. The molecule has 2 amide bonds. The molecule has 34 heavy (non-hydrogen) atoms. The molecule has 5 nitrogen and oxygen atoms in total. The van der Waals surface area contributed by atoms with Gasteiger partial charge in [0.15, 0.2) is 6.10 Å². The highest BCUT2D eigenvalue weighted by Crippen LogP contribution is 2.41. The minimum atomic E-state index is -0.540. The van der Waals surface area contributed by atoms with Crippen LogP contribution in [0.2, 0.25) is 0 Å². The van der Waals surface area contributed by atoms with Crippen molar-refractivity contribution in [2.45, 2.75) is 44.8 Å². The van der Waals surface area contributed by atoms with Gasteiger partial charge in [-0.1, -0.05) is 25.1 Å². The Bertz CT molecular complexity index is 1070. The van der Waals surface area contributed by atoms with E-state index in [1.807, 2.05) is 52.8 Å². The molecule has 0 radical (unpaired) electrons. The number of carbonyl (C=O) groups excluding carboxylic acids is 2. The predicted molar refractivity (Wildman–Crippen MR) is 131 cm³/mol. The summed E-state index contributed by atoms with van der Waals surface area (Å²) < 4.78 is 20.4. The maximum atomic E-state index is 14.2. The third-order valence-electron chi connectivity index (χ3n) is 6.97. The van der Waals surface area contributed by atoms with Gasteiger partial charge in [-0.2, -0.15) is 11.8 Å². The van der Waals surface area contributed by atoms with Crippen molar-refractivity contribution < 1.29 is 18.7 Å². The summed E-state index contributed by atoms with van der Waals surface area (Å²) in [6.07, 6.45) is 2.65. The number of amides is 2. The van der Waals surface area contributed by atoms with E-state index in [9.17, 15) is 14.0 Å². The van der Waals surface area contributed by atoms with Crippen LogP contribution in [0.4, 0.5) is 4.39 Å². The van der Waals surface area contributed by atoms with Crippen molar-refractivity contribution in [2.75, 3.05) is 31.1 Å². The first-order valence-electron chi connectivity index (χ1n) is 12.3. The zero-order chi connectivity index (χ0) is 23.7. The number of halogens is 1. The number of fused-ring (bicyclic) bond motifs is 1. The van der Waals surface area contributed by atoms with E-state index in [0.717, 1.165) is 60.5 Å². The first kappa shape index (κ1) is 23.2. The average Bonchev–Trinajstić information content (AvgIpc) is 3.72. The molecule has 0 unspecified atom stereocenters. The zero-order valence-electron chi connectivity index (χ0n) is 19.5. The quantitative estimate of drug-likeness (QED) is 0.611. The molecule has 0 bridgehead atoms. The second-order valence-electron chi connectivity index (χ2n) is 9.33. The first-order chi connectivity index (χ1) is 16.5. The van der Waals surface area contributed by atoms with Crippen LogP contribution < -0.4 is 4.74 Å². The molecular formula is C27H31FN2O3S. The van der Waals surface area contributed by atoms with Gasteiger partial charge in [0.1, 0.15) is 11.6 Å². The molecule has 2 heterocycles. The predicted octanol–water partition coefficient (Wildman–Crippen LogP) is 4.44. The van der Waals surface area contributed by atoms with Crippen molar-refractivity contribution in [3.8, 4) is 5.75 Å². The molecule has 1 saturated heterocycles. The van der Waals surface area contributed by atoms with Crippen LogP contribution >= 0.6 is 11.8 Å². The standard InChI is InChI=1S/C27H31FN2O3S/c1-2-24(27(32)29-12-14-34-15-13-29)33-22-9-8-18-10-11-30(26(31)19-6-7-19)25(23(18)17-22)20-4-3-5-21(28)16-20/h3-5,8-9,16-17,19,24-25H,2,6-7,10-15H2,1H3/t24-,25+/m0/s1. The molecule has 1 aliphatic carbocycles. The second-order valence-corrected chi connectivity index (χ2v) is 10.6. The average molecular weight is 483 g/mol. The molecular weight excluding hydrogens is 451 g/mol. The van der Waals surface area contributed by atoms with Crippen LogP contribution in [-0.2, 0) is 16.0 Å². The number of hydrogen-bond donors (Lipinski definition) is 0. The maximum absolute atomic E-state index is 14.2. The topological polar surface area (TPSA) is 49.9 Å². The van der Waals surface area contributed by atoms with Crippen molar-refractivity contribution >= 4 is 23.6 Å². The lowest BCUT2D eigenvalue weighted by Crippen LogP contribution is -2.45. The molecule has 3 aliphatic rings. The summed E-state index contributed by atoms with van der Waals surface area (Å²) in [6.45, 7) is 4.10. The van der Waals surface area contributed by atoms with Crippen molar-refractivity contribution in [1.82, 2.24) is 9.80 Å². The highest BCUT2D eigenvalue weighted by molar-refractivity contribution is 7.99. The number of benzene rings is 2. The van der Waals surface area contributed by atoms with E-state index in [-0.39, 0.29) is 29.6 Å².